The predicted octanol–water partition coefficient (Wildman–Crippen LogP) is 4.61. The Labute approximate surface area is 173 Å². The van der Waals surface area contributed by atoms with Gasteiger partial charge in [-0.3, -0.25) is 4.90 Å². The Morgan fingerprint density at radius 1 is 1.03 bits per heavy atom. The number of aromatic nitrogens is 1. The van der Waals surface area contributed by atoms with E-state index in [1.54, 1.807) is 6.07 Å². The van der Waals surface area contributed by atoms with Crippen molar-refractivity contribution in [3.8, 4) is 17.2 Å². The fraction of sp³-hybridized carbons (Fsp3) is 0.360. The van der Waals surface area contributed by atoms with Gasteiger partial charge < -0.3 is 4.90 Å². The normalized spacial score (nSPS) is 15.7. The summed E-state index contributed by atoms with van der Waals surface area (Å²) in [5.74, 6) is 0. The monoisotopic (exact) mass is 384 g/mol. The van der Waals surface area contributed by atoms with Crippen LogP contribution in [0.2, 0.25) is 0 Å². The molecule has 0 spiro atoms. The van der Waals surface area contributed by atoms with Crippen LogP contribution in [-0.4, -0.2) is 48.0 Å². The van der Waals surface area contributed by atoms with E-state index in [9.17, 15) is 0 Å². The van der Waals surface area contributed by atoms with E-state index < -0.39 is 0 Å². The van der Waals surface area contributed by atoms with E-state index >= 15 is 0 Å². The number of nitrogens with zero attached hydrogens (tertiary/aromatic N) is 4. The van der Waals surface area contributed by atoms with Crippen LogP contribution in [0, 0.1) is 18.3 Å². The van der Waals surface area contributed by atoms with Gasteiger partial charge in [-0.2, -0.15) is 5.26 Å². The van der Waals surface area contributed by atoms with Crippen LogP contribution in [-0.2, 0) is 6.54 Å². The highest BCUT2D eigenvalue weighted by atomic mass is 15.2. The van der Waals surface area contributed by atoms with Crippen molar-refractivity contribution in [1.29, 1.82) is 5.26 Å². The maximum Gasteiger partial charge on any atom is 0.141 e. The third-order valence-electron chi connectivity index (χ3n) is 6.26. The van der Waals surface area contributed by atoms with Gasteiger partial charge in [0, 0.05) is 18.0 Å². The molecule has 4 nitrogen and oxygen atoms in total. The number of fused-ring (bicyclic) bond motifs is 1. The van der Waals surface area contributed by atoms with E-state index in [4.69, 9.17) is 5.26 Å². The number of likely N-dealkylation sites (tertiary alicyclic amines) is 1. The van der Waals surface area contributed by atoms with Gasteiger partial charge in [-0.05, 0) is 87.4 Å². The summed E-state index contributed by atoms with van der Waals surface area (Å²) in [4.78, 5) is 9.41. The molecule has 0 unspecified atom stereocenters. The van der Waals surface area contributed by atoms with E-state index in [2.05, 4.69) is 66.1 Å². The molecule has 1 aliphatic rings. The van der Waals surface area contributed by atoms with E-state index in [-0.39, 0.29) is 0 Å². The van der Waals surface area contributed by atoms with Gasteiger partial charge in [0.05, 0.1) is 5.52 Å². The van der Waals surface area contributed by atoms with Gasteiger partial charge in [-0.25, -0.2) is 4.98 Å². The number of nitriles is 1. The van der Waals surface area contributed by atoms with Gasteiger partial charge in [-0.1, -0.05) is 30.3 Å². The average Bonchev–Trinajstić information content (AvgIpc) is 2.75. The third kappa shape index (κ3) is 4.03. The van der Waals surface area contributed by atoms with Crippen molar-refractivity contribution >= 4 is 10.9 Å². The second kappa shape index (κ2) is 8.32. The van der Waals surface area contributed by atoms with Gasteiger partial charge in [-0.15, -0.1) is 0 Å². The summed E-state index contributed by atoms with van der Waals surface area (Å²) in [5, 5.41) is 10.2. The van der Waals surface area contributed by atoms with E-state index in [0.29, 0.717) is 11.7 Å². The van der Waals surface area contributed by atoms with Gasteiger partial charge in [0.2, 0.25) is 0 Å². The molecule has 2 aromatic carbocycles. The highest BCUT2D eigenvalue weighted by Crippen LogP contribution is 2.32. The molecule has 0 saturated carbocycles. The molecule has 2 heterocycles. The van der Waals surface area contributed by atoms with Crippen molar-refractivity contribution in [2.24, 2.45) is 0 Å². The molecular weight excluding hydrogens is 356 g/mol. The van der Waals surface area contributed by atoms with Crippen molar-refractivity contribution in [1.82, 2.24) is 14.8 Å². The van der Waals surface area contributed by atoms with Crippen molar-refractivity contribution in [2.45, 2.75) is 32.4 Å². The molecule has 29 heavy (non-hydrogen) atoms. The fourth-order valence-corrected chi connectivity index (χ4v) is 4.43. The van der Waals surface area contributed by atoms with Gasteiger partial charge >= 0.3 is 0 Å². The van der Waals surface area contributed by atoms with Crippen LogP contribution < -0.4 is 0 Å². The number of pyridine rings is 1. The smallest absolute Gasteiger partial charge is 0.141 e. The maximum atomic E-state index is 9.15. The van der Waals surface area contributed by atoms with E-state index in [0.717, 1.165) is 30.5 Å². The summed E-state index contributed by atoms with van der Waals surface area (Å²) in [6.45, 7) is 5.54. The Morgan fingerprint density at radius 3 is 2.48 bits per heavy atom. The van der Waals surface area contributed by atoms with Crippen molar-refractivity contribution in [3.05, 3.63) is 65.4 Å². The number of hydrogen-bond acceptors (Lipinski definition) is 4. The minimum absolute atomic E-state index is 0.459. The lowest BCUT2D eigenvalue weighted by Crippen LogP contribution is -2.41. The highest BCUT2D eigenvalue weighted by Gasteiger charge is 2.21. The third-order valence-corrected chi connectivity index (χ3v) is 6.26. The first kappa shape index (κ1) is 19.6. The molecule has 0 amide bonds. The summed E-state index contributed by atoms with van der Waals surface area (Å²) in [6, 6.07) is 19.5. The standard InChI is InChI=1S/C25H28N4/c1-18-19(17-29-14-12-21(13-15-29)28(2)3)6-4-7-22(18)23-8-5-9-25-24(23)11-10-20(16-26)27-25/h4-11,21H,12-15,17H2,1-3H3. The summed E-state index contributed by atoms with van der Waals surface area (Å²) in [6.07, 6.45) is 2.48. The Bertz CT molecular complexity index is 1060. The topological polar surface area (TPSA) is 43.2 Å². The van der Waals surface area contributed by atoms with Crippen molar-refractivity contribution in [3.63, 3.8) is 0 Å². The number of hydrogen-bond donors (Lipinski definition) is 0. The maximum absolute atomic E-state index is 9.15. The van der Waals surface area contributed by atoms with Crippen molar-refractivity contribution < 1.29 is 0 Å². The second-order valence-corrected chi connectivity index (χ2v) is 8.24. The van der Waals surface area contributed by atoms with Crippen LogP contribution in [0.5, 0.6) is 0 Å². The molecule has 4 rings (SSSR count). The molecule has 0 radical (unpaired) electrons. The largest absolute Gasteiger partial charge is 0.306 e. The molecule has 0 N–H and O–H groups in total. The molecule has 1 aliphatic heterocycles. The first-order valence-electron chi connectivity index (χ1n) is 10.3. The van der Waals surface area contributed by atoms with Crippen LogP contribution in [0.1, 0.15) is 29.7 Å². The minimum Gasteiger partial charge on any atom is -0.306 e. The van der Waals surface area contributed by atoms with Crippen LogP contribution in [0.4, 0.5) is 0 Å². The van der Waals surface area contributed by atoms with Crippen molar-refractivity contribution in [2.75, 3.05) is 27.2 Å². The quantitative estimate of drug-likeness (QED) is 0.659. The first-order valence-corrected chi connectivity index (χ1v) is 10.3. The van der Waals surface area contributed by atoms with E-state index in [1.807, 2.05) is 18.2 Å². The van der Waals surface area contributed by atoms with Crippen LogP contribution >= 0.6 is 0 Å². The number of piperidine rings is 1. The lowest BCUT2D eigenvalue weighted by Gasteiger charge is -2.35. The number of benzene rings is 2. The summed E-state index contributed by atoms with van der Waals surface area (Å²) < 4.78 is 0. The molecule has 0 bridgehead atoms. The summed E-state index contributed by atoms with van der Waals surface area (Å²) in [5.41, 5.74) is 6.50. The highest BCUT2D eigenvalue weighted by molar-refractivity contribution is 5.95. The summed E-state index contributed by atoms with van der Waals surface area (Å²) >= 11 is 0. The minimum atomic E-state index is 0.459. The Kier molecular flexibility index (Phi) is 5.62. The molecule has 1 saturated heterocycles. The second-order valence-electron chi connectivity index (χ2n) is 8.24. The van der Waals surface area contributed by atoms with Crippen LogP contribution in [0.3, 0.4) is 0 Å². The van der Waals surface area contributed by atoms with Crippen LogP contribution in [0.25, 0.3) is 22.0 Å². The first-order chi connectivity index (χ1) is 14.1. The zero-order valence-corrected chi connectivity index (χ0v) is 17.5. The molecule has 148 valence electrons. The lowest BCUT2D eigenvalue weighted by molar-refractivity contribution is 0.140. The molecule has 1 aromatic heterocycles. The lowest BCUT2D eigenvalue weighted by atomic mass is 9.93. The molecule has 1 fully saturated rings. The van der Waals surface area contributed by atoms with E-state index in [1.165, 1.54) is 35.1 Å². The summed E-state index contributed by atoms with van der Waals surface area (Å²) in [7, 11) is 4.37. The molecule has 3 aromatic rings. The van der Waals surface area contributed by atoms with Crippen LogP contribution in [0.15, 0.2) is 48.5 Å². The molecule has 4 heteroatoms. The Hall–Kier alpha value is -2.74. The zero-order valence-electron chi connectivity index (χ0n) is 17.5. The molecular formula is C25H28N4. The zero-order chi connectivity index (χ0) is 20.4. The average molecular weight is 385 g/mol. The Morgan fingerprint density at radius 2 is 1.76 bits per heavy atom. The van der Waals surface area contributed by atoms with Gasteiger partial charge in [0.15, 0.2) is 0 Å². The fourth-order valence-electron chi connectivity index (χ4n) is 4.43. The van der Waals surface area contributed by atoms with Gasteiger partial charge in [0.1, 0.15) is 11.8 Å². The SMILES string of the molecule is Cc1c(CN2CCC(N(C)C)CC2)cccc1-c1cccc2nc(C#N)ccc12. The van der Waals surface area contributed by atoms with Gasteiger partial charge in [0.25, 0.3) is 0 Å². The predicted molar refractivity (Wildman–Crippen MR) is 119 cm³/mol. The molecule has 0 atom stereocenters. The molecule has 0 aliphatic carbocycles. The number of rotatable bonds is 4. The Balaban J connectivity index is 1.63.